The average Bonchev–Trinajstić information content (AvgIpc) is 2.37. The van der Waals surface area contributed by atoms with Crippen LogP contribution in [0.1, 0.15) is 24.1 Å². The molecule has 1 fully saturated rings. The second kappa shape index (κ2) is 5.69. The van der Waals surface area contributed by atoms with Crippen molar-refractivity contribution < 1.29 is 13.2 Å². The van der Waals surface area contributed by atoms with E-state index in [2.05, 4.69) is 10.2 Å². The first-order valence-corrected chi connectivity index (χ1v) is 6.59. The number of rotatable bonds is 2. The number of piperazine rings is 1. The molecular formula is C13H16ClF3N2. The Bertz CT molecular complexity index is 442. The summed E-state index contributed by atoms with van der Waals surface area (Å²) in [5, 5.41) is 3.02. The molecule has 1 saturated heterocycles. The van der Waals surface area contributed by atoms with E-state index in [-0.39, 0.29) is 11.1 Å². The Morgan fingerprint density at radius 1 is 1.26 bits per heavy atom. The molecule has 2 nitrogen and oxygen atoms in total. The molecule has 1 heterocycles. The highest BCUT2D eigenvalue weighted by atomic mass is 35.5. The number of nitrogens with one attached hydrogen (secondary N) is 1. The third-order valence-corrected chi connectivity index (χ3v) is 3.79. The van der Waals surface area contributed by atoms with Gasteiger partial charge < -0.3 is 5.32 Å². The van der Waals surface area contributed by atoms with E-state index in [0.29, 0.717) is 0 Å². The van der Waals surface area contributed by atoms with Crippen molar-refractivity contribution in [3.05, 3.63) is 34.3 Å². The van der Waals surface area contributed by atoms with Crippen LogP contribution in [-0.2, 0) is 6.18 Å². The van der Waals surface area contributed by atoms with Crippen LogP contribution in [-0.4, -0.2) is 31.1 Å². The fraction of sp³-hybridized carbons (Fsp3) is 0.538. The number of hydrogen-bond donors (Lipinski definition) is 1. The molecular weight excluding hydrogens is 277 g/mol. The van der Waals surface area contributed by atoms with Gasteiger partial charge in [-0.3, -0.25) is 4.90 Å². The van der Waals surface area contributed by atoms with Crippen molar-refractivity contribution in [3.63, 3.8) is 0 Å². The van der Waals surface area contributed by atoms with Crippen LogP contribution >= 0.6 is 11.6 Å². The normalized spacial score (nSPS) is 19.4. The number of alkyl halides is 3. The highest BCUT2D eigenvalue weighted by Crippen LogP contribution is 2.36. The molecule has 0 amide bonds. The fourth-order valence-electron chi connectivity index (χ4n) is 2.30. The van der Waals surface area contributed by atoms with Gasteiger partial charge in [0.05, 0.1) is 10.6 Å². The molecule has 0 aromatic heterocycles. The number of nitrogens with zero attached hydrogens (tertiary/aromatic N) is 1. The molecule has 0 radical (unpaired) electrons. The van der Waals surface area contributed by atoms with Gasteiger partial charge in [-0.1, -0.05) is 17.7 Å². The zero-order valence-electron chi connectivity index (χ0n) is 10.6. The third-order valence-electron chi connectivity index (χ3n) is 3.48. The summed E-state index contributed by atoms with van der Waals surface area (Å²) in [5.41, 5.74) is 0.0466. The van der Waals surface area contributed by atoms with Crippen LogP contribution in [0.3, 0.4) is 0 Å². The molecule has 0 aliphatic carbocycles. The van der Waals surface area contributed by atoms with Crippen molar-refractivity contribution in [1.82, 2.24) is 10.2 Å². The van der Waals surface area contributed by atoms with Gasteiger partial charge in [0.15, 0.2) is 0 Å². The van der Waals surface area contributed by atoms with Gasteiger partial charge in [-0.15, -0.1) is 0 Å². The molecule has 1 atom stereocenters. The van der Waals surface area contributed by atoms with E-state index in [9.17, 15) is 13.2 Å². The first-order valence-electron chi connectivity index (χ1n) is 6.21. The molecule has 0 saturated carbocycles. The summed E-state index contributed by atoms with van der Waals surface area (Å²) < 4.78 is 37.9. The van der Waals surface area contributed by atoms with Crippen LogP contribution in [0.15, 0.2) is 18.2 Å². The van der Waals surface area contributed by atoms with Crippen molar-refractivity contribution in [2.75, 3.05) is 26.2 Å². The second-order valence-corrected chi connectivity index (χ2v) is 5.11. The van der Waals surface area contributed by atoms with Crippen molar-refractivity contribution in [2.24, 2.45) is 0 Å². The maximum atomic E-state index is 12.6. The van der Waals surface area contributed by atoms with Crippen LogP contribution in [0, 0.1) is 0 Å². The molecule has 0 bridgehead atoms. The molecule has 1 N–H and O–H groups in total. The molecule has 19 heavy (non-hydrogen) atoms. The van der Waals surface area contributed by atoms with E-state index >= 15 is 0 Å². The molecule has 6 heteroatoms. The average molecular weight is 293 g/mol. The van der Waals surface area contributed by atoms with Crippen molar-refractivity contribution in [1.29, 1.82) is 0 Å². The fourth-order valence-corrected chi connectivity index (χ4v) is 2.60. The zero-order chi connectivity index (χ0) is 14.0. The van der Waals surface area contributed by atoms with Crippen LogP contribution in [0.4, 0.5) is 13.2 Å². The van der Waals surface area contributed by atoms with E-state index in [1.807, 2.05) is 6.92 Å². The Labute approximate surface area is 115 Å². The maximum Gasteiger partial charge on any atom is 0.417 e. The third kappa shape index (κ3) is 3.41. The lowest BCUT2D eigenvalue weighted by Gasteiger charge is -2.33. The highest BCUT2D eigenvalue weighted by molar-refractivity contribution is 6.31. The van der Waals surface area contributed by atoms with Gasteiger partial charge in [0.25, 0.3) is 0 Å². The van der Waals surface area contributed by atoms with E-state index in [0.717, 1.165) is 37.8 Å². The Kier molecular flexibility index (Phi) is 4.38. The molecule has 1 aromatic rings. The first kappa shape index (κ1) is 14.6. The van der Waals surface area contributed by atoms with Crippen LogP contribution in [0.5, 0.6) is 0 Å². The number of benzene rings is 1. The number of hydrogen-bond acceptors (Lipinski definition) is 2. The monoisotopic (exact) mass is 292 g/mol. The van der Waals surface area contributed by atoms with Gasteiger partial charge in [-0.05, 0) is 24.6 Å². The highest BCUT2D eigenvalue weighted by Gasteiger charge is 2.33. The van der Waals surface area contributed by atoms with Crippen LogP contribution in [0.25, 0.3) is 0 Å². The molecule has 1 aliphatic rings. The minimum absolute atomic E-state index is 0.0712. The molecule has 106 valence electrons. The second-order valence-electron chi connectivity index (χ2n) is 4.70. The molecule has 0 spiro atoms. The van der Waals surface area contributed by atoms with Crippen molar-refractivity contribution in [2.45, 2.75) is 19.1 Å². The van der Waals surface area contributed by atoms with E-state index < -0.39 is 11.7 Å². The van der Waals surface area contributed by atoms with E-state index in [4.69, 9.17) is 11.6 Å². The summed E-state index contributed by atoms with van der Waals surface area (Å²) >= 11 is 5.75. The van der Waals surface area contributed by atoms with Crippen molar-refractivity contribution in [3.8, 4) is 0 Å². The summed E-state index contributed by atoms with van der Waals surface area (Å²) in [6, 6.07) is 4.08. The SMILES string of the molecule is C[C@H](c1ccc(C(F)(F)F)c(Cl)c1)N1CCNCC1. The summed E-state index contributed by atoms with van der Waals surface area (Å²) in [6.45, 7) is 5.57. The van der Waals surface area contributed by atoms with Gasteiger partial charge >= 0.3 is 6.18 Å². The van der Waals surface area contributed by atoms with Gasteiger partial charge in [0, 0.05) is 32.2 Å². The van der Waals surface area contributed by atoms with Gasteiger partial charge in [-0.2, -0.15) is 13.2 Å². The summed E-state index contributed by atoms with van der Waals surface area (Å²) in [4.78, 5) is 2.23. The number of halogens is 4. The lowest BCUT2D eigenvalue weighted by atomic mass is 10.0. The Morgan fingerprint density at radius 3 is 2.42 bits per heavy atom. The first-order chi connectivity index (χ1) is 8.89. The lowest BCUT2D eigenvalue weighted by molar-refractivity contribution is -0.137. The zero-order valence-corrected chi connectivity index (χ0v) is 11.4. The van der Waals surface area contributed by atoms with E-state index in [1.54, 1.807) is 0 Å². The predicted molar refractivity (Wildman–Crippen MR) is 69.3 cm³/mol. The Hall–Kier alpha value is -0.780. The molecule has 2 rings (SSSR count). The standard InChI is InChI=1S/C13H16ClF3N2/c1-9(19-6-4-18-5-7-19)10-2-3-11(12(14)8-10)13(15,16)17/h2-3,8-9,18H,4-7H2,1H3/t9-/m1/s1. The van der Waals surface area contributed by atoms with Crippen molar-refractivity contribution >= 4 is 11.6 Å². The largest absolute Gasteiger partial charge is 0.417 e. The molecule has 1 aliphatic heterocycles. The van der Waals surface area contributed by atoms with Gasteiger partial charge in [0.1, 0.15) is 0 Å². The van der Waals surface area contributed by atoms with Crippen LogP contribution < -0.4 is 5.32 Å². The van der Waals surface area contributed by atoms with Gasteiger partial charge in [-0.25, -0.2) is 0 Å². The van der Waals surface area contributed by atoms with Gasteiger partial charge in [0.2, 0.25) is 0 Å². The lowest BCUT2D eigenvalue weighted by Crippen LogP contribution is -2.44. The minimum atomic E-state index is -4.39. The predicted octanol–water partition coefficient (Wildman–Crippen LogP) is 3.33. The maximum absolute atomic E-state index is 12.6. The van der Waals surface area contributed by atoms with Crippen LogP contribution in [0.2, 0.25) is 5.02 Å². The summed E-state index contributed by atoms with van der Waals surface area (Å²) in [7, 11) is 0. The topological polar surface area (TPSA) is 15.3 Å². The minimum Gasteiger partial charge on any atom is -0.314 e. The molecule has 0 unspecified atom stereocenters. The Morgan fingerprint density at radius 2 is 1.89 bits per heavy atom. The Balaban J connectivity index is 2.19. The summed E-state index contributed by atoms with van der Waals surface area (Å²) in [5.74, 6) is 0. The van der Waals surface area contributed by atoms with E-state index in [1.165, 1.54) is 12.1 Å². The summed E-state index contributed by atoms with van der Waals surface area (Å²) in [6.07, 6.45) is -4.39. The quantitative estimate of drug-likeness (QED) is 0.899. The molecule has 1 aromatic carbocycles. The smallest absolute Gasteiger partial charge is 0.314 e.